The lowest BCUT2D eigenvalue weighted by molar-refractivity contribution is 0.319. The van der Waals surface area contributed by atoms with Gasteiger partial charge in [-0.1, -0.05) is 78.9 Å². The number of para-hydroxylation sites is 1. The number of benzene rings is 5. The predicted molar refractivity (Wildman–Crippen MR) is 146 cm³/mol. The van der Waals surface area contributed by atoms with Crippen LogP contribution in [0.1, 0.15) is 41.5 Å². The summed E-state index contributed by atoms with van der Waals surface area (Å²) in [4.78, 5) is 3.41. The number of nitrogens with one attached hydrogen (secondary N) is 1. The Bertz CT molecular complexity index is 1820. The monoisotopic (exact) mass is 472 g/mol. The SMILES string of the molecule is ON=CC1CCC(Cc2ccc3ccc4c5ccccc5ccc4c3c2)c2[nH]c3c(F)cccc3c21. The average Bonchev–Trinajstić information content (AvgIpc) is 3.31. The van der Waals surface area contributed by atoms with E-state index in [2.05, 4.69) is 76.9 Å². The molecule has 0 spiro atoms. The standard InChI is InChI=1S/C32H25FN2O/c33-29-7-3-6-27-30-23(18-34-36)11-10-22(31(30)35-32(27)29)16-19-8-9-21-13-14-25-24-5-2-1-4-20(24)12-15-26(25)28(21)17-19/h1-9,12-15,17-18,22-23,35-36H,10-11,16H2. The highest BCUT2D eigenvalue weighted by Gasteiger charge is 2.31. The summed E-state index contributed by atoms with van der Waals surface area (Å²) in [7, 11) is 0. The molecule has 0 saturated heterocycles. The molecule has 36 heavy (non-hydrogen) atoms. The van der Waals surface area contributed by atoms with Gasteiger partial charge in [-0.15, -0.1) is 5.16 Å². The molecule has 0 fully saturated rings. The topological polar surface area (TPSA) is 48.4 Å². The lowest BCUT2D eigenvalue weighted by Crippen LogP contribution is -2.16. The van der Waals surface area contributed by atoms with Gasteiger partial charge in [-0.05, 0) is 68.8 Å². The first-order chi connectivity index (χ1) is 17.7. The van der Waals surface area contributed by atoms with Crippen LogP contribution >= 0.6 is 0 Å². The molecule has 7 rings (SSSR count). The van der Waals surface area contributed by atoms with Crippen LogP contribution in [0.2, 0.25) is 0 Å². The first kappa shape index (κ1) is 21.1. The Kier molecular flexibility index (Phi) is 4.81. The molecular weight excluding hydrogens is 447 g/mol. The maximum absolute atomic E-state index is 14.7. The number of oxime groups is 1. The van der Waals surface area contributed by atoms with Crippen LogP contribution in [0.5, 0.6) is 0 Å². The zero-order valence-corrected chi connectivity index (χ0v) is 19.7. The summed E-state index contributed by atoms with van der Waals surface area (Å²) in [6.45, 7) is 0. The smallest absolute Gasteiger partial charge is 0.147 e. The third kappa shape index (κ3) is 3.21. The van der Waals surface area contributed by atoms with Crippen molar-refractivity contribution < 1.29 is 9.60 Å². The van der Waals surface area contributed by atoms with Crippen molar-refractivity contribution in [2.75, 3.05) is 0 Å². The number of hydrogen-bond donors (Lipinski definition) is 2. The second kappa shape index (κ2) is 8.20. The molecule has 4 heteroatoms. The van der Waals surface area contributed by atoms with Gasteiger partial charge >= 0.3 is 0 Å². The van der Waals surface area contributed by atoms with Crippen LogP contribution in [0.4, 0.5) is 4.39 Å². The summed E-state index contributed by atoms with van der Waals surface area (Å²) < 4.78 is 14.7. The summed E-state index contributed by atoms with van der Waals surface area (Å²) in [5.41, 5.74) is 3.95. The van der Waals surface area contributed by atoms with E-state index >= 15 is 0 Å². The third-order valence-electron chi connectivity index (χ3n) is 8.00. The second-order valence-electron chi connectivity index (χ2n) is 9.97. The number of aromatic amines is 1. The molecule has 0 amide bonds. The lowest BCUT2D eigenvalue weighted by atomic mass is 9.77. The number of nitrogens with zero attached hydrogens (tertiary/aromatic N) is 1. The Morgan fingerprint density at radius 3 is 2.42 bits per heavy atom. The Hall–Kier alpha value is -4.18. The molecule has 0 radical (unpaired) electrons. The van der Waals surface area contributed by atoms with E-state index in [1.165, 1.54) is 43.9 Å². The molecule has 1 aromatic heterocycles. The largest absolute Gasteiger partial charge is 0.411 e. The van der Waals surface area contributed by atoms with Crippen molar-refractivity contribution in [1.82, 2.24) is 4.98 Å². The molecule has 3 nitrogen and oxygen atoms in total. The van der Waals surface area contributed by atoms with Crippen molar-refractivity contribution in [2.24, 2.45) is 5.16 Å². The Morgan fingerprint density at radius 1 is 0.806 bits per heavy atom. The molecule has 176 valence electrons. The fraction of sp³-hybridized carbons (Fsp3) is 0.156. The first-order valence-electron chi connectivity index (χ1n) is 12.5. The number of fused-ring (bicyclic) bond motifs is 8. The van der Waals surface area contributed by atoms with E-state index in [1.54, 1.807) is 12.3 Å². The fourth-order valence-corrected chi connectivity index (χ4v) is 6.32. The lowest BCUT2D eigenvalue weighted by Gasteiger charge is -2.27. The fourth-order valence-electron chi connectivity index (χ4n) is 6.32. The molecule has 2 N–H and O–H groups in total. The maximum atomic E-state index is 14.7. The summed E-state index contributed by atoms with van der Waals surface area (Å²) in [5.74, 6) is -0.0289. The molecule has 2 unspecified atom stereocenters. The number of rotatable bonds is 3. The van der Waals surface area contributed by atoms with Crippen molar-refractivity contribution in [3.05, 3.63) is 108 Å². The molecule has 1 aliphatic rings. The Morgan fingerprint density at radius 2 is 1.56 bits per heavy atom. The van der Waals surface area contributed by atoms with Crippen LogP contribution in [-0.4, -0.2) is 16.4 Å². The highest BCUT2D eigenvalue weighted by Crippen LogP contribution is 2.44. The van der Waals surface area contributed by atoms with E-state index in [1.807, 2.05) is 6.07 Å². The van der Waals surface area contributed by atoms with E-state index in [4.69, 9.17) is 0 Å². The van der Waals surface area contributed by atoms with Gasteiger partial charge in [0, 0.05) is 22.9 Å². The third-order valence-corrected chi connectivity index (χ3v) is 8.00. The van der Waals surface area contributed by atoms with Crippen LogP contribution in [-0.2, 0) is 6.42 Å². The Labute approximate surface area is 207 Å². The molecule has 5 aromatic carbocycles. The van der Waals surface area contributed by atoms with Gasteiger partial charge in [0.05, 0.1) is 11.7 Å². The van der Waals surface area contributed by atoms with Crippen molar-refractivity contribution in [3.63, 3.8) is 0 Å². The number of hydrogen-bond acceptors (Lipinski definition) is 2. The van der Waals surface area contributed by atoms with Crippen molar-refractivity contribution in [3.8, 4) is 0 Å². The minimum Gasteiger partial charge on any atom is -0.411 e. The van der Waals surface area contributed by atoms with Crippen LogP contribution < -0.4 is 0 Å². The first-order valence-corrected chi connectivity index (χ1v) is 12.5. The van der Waals surface area contributed by atoms with Crippen molar-refractivity contribution in [1.29, 1.82) is 0 Å². The van der Waals surface area contributed by atoms with E-state index in [0.29, 0.717) is 5.52 Å². The van der Waals surface area contributed by atoms with Gasteiger partial charge in [-0.3, -0.25) is 0 Å². The van der Waals surface area contributed by atoms with Crippen LogP contribution in [0.25, 0.3) is 43.2 Å². The summed E-state index contributed by atoms with van der Waals surface area (Å²) in [6, 6.07) is 29.4. The quantitative estimate of drug-likeness (QED) is 0.115. The van der Waals surface area contributed by atoms with Crippen molar-refractivity contribution >= 4 is 49.4 Å². The Balaban J connectivity index is 1.34. The predicted octanol–water partition coefficient (Wildman–Crippen LogP) is 8.43. The molecule has 0 saturated carbocycles. The molecular formula is C32H25FN2O. The highest BCUT2D eigenvalue weighted by molar-refractivity contribution is 6.17. The maximum Gasteiger partial charge on any atom is 0.147 e. The van der Waals surface area contributed by atoms with E-state index < -0.39 is 0 Å². The molecule has 1 heterocycles. The number of halogens is 1. The molecule has 2 atom stereocenters. The van der Waals surface area contributed by atoms with Gasteiger partial charge in [0.2, 0.25) is 0 Å². The van der Waals surface area contributed by atoms with Crippen LogP contribution in [0, 0.1) is 5.82 Å². The van der Waals surface area contributed by atoms with E-state index in [-0.39, 0.29) is 17.7 Å². The molecule has 0 aliphatic heterocycles. The van der Waals surface area contributed by atoms with E-state index in [0.717, 1.165) is 35.9 Å². The summed E-state index contributed by atoms with van der Waals surface area (Å²) in [6.07, 6.45) is 4.26. The normalized spacial score (nSPS) is 18.0. The molecule has 1 aliphatic carbocycles. The van der Waals surface area contributed by atoms with E-state index in [9.17, 15) is 9.60 Å². The summed E-state index contributed by atoms with van der Waals surface area (Å²) >= 11 is 0. The van der Waals surface area contributed by atoms with Gasteiger partial charge in [0.1, 0.15) is 5.82 Å². The minimum absolute atomic E-state index is 0.0226. The zero-order valence-electron chi connectivity index (χ0n) is 19.7. The summed E-state index contributed by atoms with van der Waals surface area (Å²) in [5, 5.41) is 21.0. The number of aromatic nitrogens is 1. The van der Waals surface area contributed by atoms with Gasteiger partial charge in [0.15, 0.2) is 0 Å². The van der Waals surface area contributed by atoms with Gasteiger partial charge in [0.25, 0.3) is 0 Å². The van der Waals surface area contributed by atoms with Crippen LogP contribution in [0.15, 0.2) is 90.1 Å². The zero-order chi connectivity index (χ0) is 24.2. The second-order valence-corrected chi connectivity index (χ2v) is 9.97. The molecule has 0 bridgehead atoms. The van der Waals surface area contributed by atoms with Crippen molar-refractivity contribution in [2.45, 2.75) is 31.1 Å². The minimum atomic E-state index is -0.246. The number of H-pyrrole nitrogens is 1. The van der Waals surface area contributed by atoms with Gasteiger partial charge in [-0.2, -0.15) is 0 Å². The van der Waals surface area contributed by atoms with Gasteiger partial charge < -0.3 is 10.2 Å². The molecule has 6 aromatic rings. The average molecular weight is 473 g/mol. The van der Waals surface area contributed by atoms with Gasteiger partial charge in [-0.25, -0.2) is 4.39 Å². The van der Waals surface area contributed by atoms with Crippen LogP contribution in [0.3, 0.4) is 0 Å². The highest BCUT2D eigenvalue weighted by atomic mass is 19.1.